The van der Waals surface area contributed by atoms with Gasteiger partial charge in [-0.05, 0) is 44.8 Å². The molecule has 1 atom stereocenters. The van der Waals surface area contributed by atoms with Crippen molar-refractivity contribution >= 4 is 33.1 Å². The summed E-state index contributed by atoms with van der Waals surface area (Å²) in [5.41, 5.74) is 1.11. The summed E-state index contributed by atoms with van der Waals surface area (Å²) in [5.74, 6) is 1.77. The Hall–Kier alpha value is -3.11. The SMILES string of the molecule is C[C@@H](c1ccc(Nc2cc(Nc3ncccc3S(C)(=O)=O)ncn2)nc1)N(C)C. The van der Waals surface area contributed by atoms with Gasteiger partial charge in [-0.1, -0.05) is 6.07 Å². The molecule has 0 aromatic carbocycles. The van der Waals surface area contributed by atoms with E-state index in [2.05, 4.69) is 42.4 Å². The summed E-state index contributed by atoms with van der Waals surface area (Å²) in [7, 11) is 0.607. The molecule has 0 aliphatic heterocycles. The highest BCUT2D eigenvalue weighted by molar-refractivity contribution is 7.90. The number of hydrogen-bond acceptors (Lipinski definition) is 9. The molecule has 3 rings (SSSR count). The minimum absolute atomic E-state index is 0.0976. The van der Waals surface area contributed by atoms with E-state index < -0.39 is 9.84 Å². The van der Waals surface area contributed by atoms with E-state index in [0.717, 1.165) is 11.8 Å². The maximum atomic E-state index is 11.9. The third kappa shape index (κ3) is 5.24. The Morgan fingerprint density at radius 2 is 1.69 bits per heavy atom. The predicted molar refractivity (Wildman–Crippen MR) is 112 cm³/mol. The Morgan fingerprint density at radius 1 is 0.966 bits per heavy atom. The molecule has 2 N–H and O–H groups in total. The van der Waals surface area contributed by atoms with Crippen molar-refractivity contribution in [1.29, 1.82) is 0 Å². The van der Waals surface area contributed by atoms with Gasteiger partial charge in [0, 0.05) is 30.8 Å². The maximum Gasteiger partial charge on any atom is 0.179 e. The number of nitrogens with zero attached hydrogens (tertiary/aromatic N) is 5. The zero-order valence-electron chi connectivity index (χ0n) is 16.7. The lowest BCUT2D eigenvalue weighted by atomic mass is 10.1. The Bertz CT molecular complexity index is 1090. The highest BCUT2D eigenvalue weighted by Crippen LogP contribution is 2.23. The molecule has 9 nitrogen and oxygen atoms in total. The van der Waals surface area contributed by atoms with Crippen LogP contribution in [-0.2, 0) is 9.84 Å². The lowest BCUT2D eigenvalue weighted by molar-refractivity contribution is 0.320. The van der Waals surface area contributed by atoms with E-state index in [4.69, 9.17) is 0 Å². The maximum absolute atomic E-state index is 11.9. The lowest BCUT2D eigenvalue weighted by Gasteiger charge is -2.19. The molecule has 0 aliphatic rings. The molecule has 0 unspecified atom stereocenters. The van der Waals surface area contributed by atoms with Gasteiger partial charge in [-0.3, -0.25) is 0 Å². The smallest absolute Gasteiger partial charge is 0.179 e. The standard InChI is InChI=1S/C19H23N7O2S/c1-13(26(2)3)14-7-8-16(21-11-14)24-17-10-18(23-12-22-17)25-19-15(29(4,27)28)6-5-9-20-19/h5-13H,1-4H3,(H2,20,21,22,23,24,25)/t13-/m0/s1. The van der Waals surface area contributed by atoms with Gasteiger partial charge in [0.25, 0.3) is 0 Å². The van der Waals surface area contributed by atoms with Crippen LogP contribution in [0.2, 0.25) is 0 Å². The first kappa shape index (κ1) is 20.6. The van der Waals surface area contributed by atoms with E-state index in [-0.39, 0.29) is 16.8 Å². The summed E-state index contributed by atoms with van der Waals surface area (Å²) in [5, 5.41) is 6.05. The van der Waals surface area contributed by atoms with Crippen LogP contribution in [0.4, 0.5) is 23.3 Å². The molecule has 0 saturated carbocycles. The van der Waals surface area contributed by atoms with Gasteiger partial charge in [0.1, 0.15) is 34.5 Å². The highest BCUT2D eigenvalue weighted by Gasteiger charge is 2.15. The molecule has 3 heterocycles. The predicted octanol–water partition coefficient (Wildman–Crippen LogP) is 2.78. The van der Waals surface area contributed by atoms with Crippen LogP contribution in [0, 0.1) is 0 Å². The molecule has 0 amide bonds. The summed E-state index contributed by atoms with van der Waals surface area (Å²) < 4.78 is 23.9. The van der Waals surface area contributed by atoms with Crippen LogP contribution in [-0.4, -0.2) is 53.6 Å². The van der Waals surface area contributed by atoms with Crippen molar-refractivity contribution in [2.75, 3.05) is 31.0 Å². The van der Waals surface area contributed by atoms with Crippen molar-refractivity contribution in [2.45, 2.75) is 17.9 Å². The Balaban J connectivity index is 1.77. The molecule has 0 bridgehead atoms. The average molecular weight is 414 g/mol. The fourth-order valence-corrected chi connectivity index (χ4v) is 3.34. The van der Waals surface area contributed by atoms with Gasteiger partial charge in [-0.2, -0.15) is 0 Å². The first-order chi connectivity index (χ1) is 13.7. The second-order valence-corrected chi connectivity index (χ2v) is 8.76. The number of rotatable bonds is 7. The van der Waals surface area contributed by atoms with Crippen LogP contribution in [0.1, 0.15) is 18.5 Å². The summed E-state index contributed by atoms with van der Waals surface area (Å²) >= 11 is 0. The Kier molecular flexibility index (Phi) is 6.04. The molecule has 0 aliphatic carbocycles. The molecule has 29 heavy (non-hydrogen) atoms. The molecule has 3 aromatic rings. The van der Waals surface area contributed by atoms with E-state index in [1.807, 2.05) is 32.4 Å². The van der Waals surface area contributed by atoms with Crippen molar-refractivity contribution in [3.8, 4) is 0 Å². The van der Waals surface area contributed by atoms with Gasteiger partial charge in [-0.15, -0.1) is 0 Å². The molecule has 0 radical (unpaired) electrons. The summed E-state index contributed by atoms with van der Waals surface area (Å²) in [6.45, 7) is 2.11. The van der Waals surface area contributed by atoms with Crippen molar-refractivity contribution in [3.05, 3.63) is 54.6 Å². The number of pyridine rings is 2. The largest absolute Gasteiger partial charge is 0.325 e. The number of hydrogen-bond donors (Lipinski definition) is 2. The normalized spacial score (nSPS) is 12.6. The van der Waals surface area contributed by atoms with Gasteiger partial charge in [0.15, 0.2) is 9.84 Å². The number of anilines is 4. The molecule has 3 aromatic heterocycles. The summed E-state index contributed by atoms with van der Waals surface area (Å²) in [6, 6.07) is 8.86. The minimum atomic E-state index is -3.43. The van der Waals surface area contributed by atoms with Gasteiger partial charge >= 0.3 is 0 Å². The Labute approximate surface area is 170 Å². The first-order valence-electron chi connectivity index (χ1n) is 8.87. The first-order valence-corrected chi connectivity index (χ1v) is 10.8. The van der Waals surface area contributed by atoms with Crippen LogP contribution in [0.5, 0.6) is 0 Å². The third-order valence-electron chi connectivity index (χ3n) is 4.38. The van der Waals surface area contributed by atoms with E-state index in [9.17, 15) is 8.42 Å². The zero-order chi connectivity index (χ0) is 21.0. The van der Waals surface area contributed by atoms with Gasteiger partial charge < -0.3 is 15.5 Å². The van der Waals surface area contributed by atoms with Crippen LogP contribution in [0.3, 0.4) is 0 Å². The number of nitrogens with one attached hydrogen (secondary N) is 2. The Morgan fingerprint density at radius 3 is 2.31 bits per heavy atom. The van der Waals surface area contributed by atoms with Gasteiger partial charge in [0.05, 0.1) is 0 Å². The molecular weight excluding hydrogens is 390 g/mol. The fourth-order valence-electron chi connectivity index (χ4n) is 2.55. The zero-order valence-corrected chi connectivity index (χ0v) is 17.5. The summed E-state index contributed by atoms with van der Waals surface area (Å²) in [6.07, 6.45) is 5.84. The van der Waals surface area contributed by atoms with Crippen LogP contribution in [0.25, 0.3) is 0 Å². The van der Waals surface area contributed by atoms with E-state index >= 15 is 0 Å². The average Bonchev–Trinajstić information content (AvgIpc) is 2.68. The number of aromatic nitrogens is 4. The fraction of sp³-hybridized carbons (Fsp3) is 0.263. The van der Waals surface area contributed by atoms with E-state index in [1.54, 1.807) is 12.1 Å². The summed E-state index contributed by atoms with van der Waals surface area (Å²) in [4.78, 5) is 19.1. The lowest BCUT2D eigenvalue weighted by Crippen LogP contribution is -2.16. The van der Waals surface area contributed by atoms with Crippen molar-refractivity contribution < 1.29 is 8.42 Å². The van der Waals surface area contributed by atoms with E-state index in [0.29, 0.717) is 17.5 Å². The molecule has 10 heteroatoms. The van der Waals surface area contributed by atoms with Crippen LogP contribution >= 0.6 is 0 Å². The second-order valence-electron chi connectivity index (χ2n) is 6.78. The van der Waals surface area contributed by atoms with E-state index in [1.165, 1.54) is 18.6 Å². The quantitative estimate of drug-likeness (QED) is 0.603. The monoisotopic (exact) mass is 413 g/mol. The van der Waals surface area contributed by atoms with Crippen LogP contribution < -0.4 is 10.6 Å². The molecule has 152 valence electrons. The van der Waals surface area contributed by atoms with Crippen LogP contribution in [0.15, 0.2) is 53.9 Å². The number of sulfone groups is 1. The topological polar surface area (TPSA) is 113 Å². The minimum Gasteiger partial charge on any atom is -0.325 e. The molecular formula is C19H23N7O2S. The molecule has 0 spiro atoms. The highest BCUT2D eigenvalue weighted by atomic mass is 32.2. The van der Waals surface area contributed by atoms with Gasteiger partial charge in [-0.25, -0.2) is 28.4 Å². The molecule has 0 saturated heterocycles. The molecule has 0 fully saturated rings. The van der Waals surface area contributed by atoms with Crippen molar-refractivity contribution in [2.24, 2.45) is 0 Å². The second kappa shape index (κ2) is 8.50. The van der Waals surface area contributed by atoms with Crippen molar-refractivity contribution in [3.63, 3.8) is 0 Å². The van der Waals surface area contributed by atoms with Crippen molar-refractivity contribution in [1.82, 2.24) is 24.8 Å². The van der Waals surface area contributed by atoms with Gasteiger partial charge in [0.2, 0.25) is 0 Å². The third-order valence-corrected chi connectivity index (χ3v) is 5.51.